The number of carboxylic acids is 1. The van der Waals surface area contributed by atoms with Crippen LogP contribution in [-0.4, -0.2) is 55.8 Å². The van der Waals surface area contributed by atoms with Gasteiger partial charge in [0, 0.05) is 20.7 Å². The van der Waals surface area contributed by atoms with E-state index in [0.29, 0.717) is 13.2 Å². The number of likely N-dealkylation sites (N-methyl/N-ethyl adjacent to an activating group) is 1. The molecule has 0 atom stereocenters. The van der Waals surface area contributed by atoms with Gasteiger partial charge >= 0.3 is 5.97 Å². The van der Waals surface area contributed by atoms with Crippen molar-refractivity contribution in [2.75, 3.05) is 38.8 Å². The summed E-state index contributed by atoms with van der Waals surface area (Å²) < 4.78 is 9.73. The minimum absolute atomic E-state index is 0.0171. The zero-order valence-corrected chi connectivity index (χ0v) is 10.2. The van der Waals surface area contributed by atoms with Crippen molar-refractivity contribution in [3.8, 4) is 0 Å². The molecular formula is C10H15N3O5. The standard InChI is InChI=1S/C10H15N3O5/c1-13(5-8(14)11-3-4-17-2)10-12-7(6-18-10)9(15)16/h6H,3-5H2,1-2H3,(H,11,14)(H,15,16). The number of hydrogen-bond acceptors (Lipinski definition) is 6. The maximum absolute atomic E-state index is 11.4. The molecule has 0 bridgehead atoms. The normalized spacial score (nSPS) is 10.1. The fourth-order valence-electron chi connectivity index (χ4n) is 1.17. The summed E-state index contributed by atoms with van der Waals surface area (Å²) in [5.74, 6) is -1.41. The third-order valence-corrected chi connectivity index (χ3v) is 2.05. The molecule has 2 N–H and O–H groups in total. The smallest absolute Gasteiger partial charge is 0.357 e. The fraction of sp³-hybridized carbons (Fsp3) is 0.500. The average molecular weight is 257 g/mol. The number of aromatic nitrogens is 1. The van der Waals surface area contributed by atoms with Crippen LogP contribution in [0.3, 0.4) is 0 Å². The van der Waals surface area contributed by atoms with Crippen molar-refractivity contribution >= 4 is 17.9 Å². The Morgan fingerprint density at radius 2 is 2.33 bits per heavy atom. The summed E-state index contributed by atoms with van der Waals surface area (Å²) in [6, 6.07) is 0.0780. The predicted molar refractivity (Wildman–Crippen MR) is 61.6 cm³/mol. The molecule has 8 nitrogen and oxygen atoms in total. The second-order valence-electron chi connectivity index (χ2n) is 3.52. The van der Waals surface area contributed by atoms with E-state index < -0.39 is 5.97 Å². The molecule has 0 aliphatic rings. The third kappa shape index (κ3) is 4.06. The molecule has 0 saturated heterocycles. The highest BCUT2D eigenvalue weighted by molar-refractivity contribution is 5.85. The predicted octanol–water partition coefficient (Wildman–Crippen LogP) is -0.428. The zero-order chi connectivity index (χ0) is 13.5. The Hall–Kier alpha value is -2.09. The van der Waals surface area contributed by atoms with Gasteiger partial charge in [0.1, 0.15) is 12.8 Å². The van der Waals surface area contributed by atoms with E-state index in [-0.39, 0.29) is 24.2 Å². The molecule has 1 amide bonds. The van der Waals surface area contributed by atoms with Crippen LogP contribution in [0.5, 0.6) is 0 Å². The molecule has 0 spiro atoms. The molecular weight excluding hydrogens is 242 g/mol. The summed E-state index contributed by atoms with van der Waals surface area (Å²) in [6.07, 6.45) is 1.02. The van der Waals surface area contributed by atoms with Crippen LogP contribution in [0.1, 0.15) is 10.5 Å². The van der Waals surface area contributed by atoms with Crippen molar-refractivity contribution in [3.63, 3.8) is 0 Å². The summed E-state index contributed by atoms with van der Waals surface area (Å²) >= 11 is 0. The second kappa shape index (κ2) is 6.60. The van der Waals surface area contributed by atoms with E-state index in [1.807, 2.05) is 0 Å². The first-order valence-electron chi connectivity index (χ1n) is 5.20. The monoisotopic (exact) mass is 257 g/mol. The van der Waals surface area contributed by atoms with E-state index in [1.165, 1.54) is 4.90 Å². The number of nitrogens with one attached hydrogen (secondary N) is 1. The summed E-state index contributed by atoms with van der Waals surface area (Å²) in [5.41, 5.74) is -0.198. The highest BCUT2D eigenvalue weighted by Crippen LogP contribution is 2.11. The second-order valence-corrected chi connectivity index (χ2v) is 3.52. The number of anilines is 1. The molecule has 0 saturated carbocycles. The lowest BCUT2D eigenvalue weighted by Crippen LogP contribution is -2.36. The van der Waals surface area contributed by atoms with Crippen molar-refractivity contribution in [1.82, 2.24) is 10.3 Å². The maximum Gasteiger partial charge on any atom is 0.357 e. The molecule has 100 valence electrons. The van der Waals surface area contributed by atoms with Crippen molar-refractivity contribution in [2.24, 2.45) is 0 Å². The first kappa shape index (κ1) is 14.0. The van der Waals surface area contributed by atoms with Gasteiger partial charge < -0.3 is 24.5 Å². The highest BCUT2D eigenvalue weighted by Gasteiger charge is 2.15. The number of aromatic carboxylic acids is 1. The molecule has 1 aromatic rings. The third-order valence-electron chi connectivity index (χ3n) is 2.05. The Kier molecular flexibility index (Phi) is 5.12. The van der Waals surface area contributed by atoms with Crippen LogP contribution < -0.4 is 10.2 Å². The zero-order valence-electron chi connectivity index (χ0n) is 10.2. The largest absolute Gasteiger partial charge is 0.476 e. The average Bonchev–Trinajstić information content (AvgIpc) is 2.78. The van der Waals surface area contributed by atoms with E-state index in [9.17, 15) is 9.59 Å². The SMILES string of the molecule is COCCNC(=O)CN(C)c1nc(C(=O)O)co1. The molecule has 1 aromatic heterocycles. The van der Waals surface area contributed by atoms with Gasteiger partial charge in [-0.1, -0.05) is 0 Å². The quantitative estimate of drug-likeness (QED) is 0.638. The van der Waals surface area contributed by atoms with Gasteiger partial charge in [-0.2, -0.15) is 4.98 Å². The van der Waals surface area contributed by atoms with Crippen LogP contribution in [0.4, 0.5) is 6.01 Å². The van der Waals surface area contributed by atoms with E-state index >= 15 is 0 Å². The topological polar surface area (TPSA) is 105 Å². The summed E-state index contributed by atoms with van der Waals surface area (Å²) in [6.45, 7) is 0.857. The van der Waals surface area contributed by atoms with Crippen LogP contribution in [0.2, 0.25) is 0 Å². The highest BCUT2D eigenvalue weighted by atomic mass is 16.5. The van der Waals surface area contributed by atoms with Gasteiger partial charge in [-0.25, -0.2) is 4.79 Å². The lowest BCUT2D eigenvalue weighted by atomic mass is 10.5. The van der Waals surface area contributed by atoms with Crippen molar-refractivity contribution in [2.45, 2.75) is 0 Å². The Labute approximate surface area is 104 Å². The number of hydrogen-bond donors (Lipinski definition) is 2. The van der Waals surface area contributed by atoms with Gasteiger partial charge in [0.2, 0.25) is 5.91 Å². The van der Waals surface area contributed by atoms with Crippen LogP contribution in [0, 0.1) is 0 Å². The number of ether oxygens (including phenoxy) is 1. The van der Waals surface area contributed by atoms with Gasteiger partial charge in [-0.3, -0.25) is 4.79 Å². The van der Waals surface area contributed by atoms with Gasteiger partial charge in [-0.15, -0.1) is 0 Å². The number of carbonyl (C=O) groups is 2. The molecule has 0 unspecified atom stereocenters. The first-order valence-corrected chi connectivity index (χ1v) is 5.20. The summed E-state index contributed by atoms with van der Waals surface area (Å²) in [4.78, 5) is 27.2. The molecule has 1 heterocycles. The number of rotatable bonds is 7. The molecule has 0 aromatic carbocycles. The lowest BCUT2D eigenvalue weighted by Gasteiger charge is -2.13. The summed E-state index contributed by atoms with van der Waals surface area (Å²) in [5, 5.41) is 11.3. The minimum Gasteiger partial charge on any atom is -0.476 e. The van der Waals surface area contributed by atoms with E-state index in [1.54, 1.807) is 14.2 Å². The number of methoxy groups -OCH3 is 1. The van der Waals surface area contributed by atoms with Crippen LogP contribution in [-0.2, 0) is 9.53 Å². The number of oxazole rings is 1. The Balaban J connectivity index is 2.46. The van der Waals surface area contributed by atoms with Gasteiger partial charge in [0.25, 0.3) is 6.01 Å². The first-order chi connectivity index (χ1) is 8.54. The Morgan fingerprint density at radius 3 is 2.89 bits per heavy atom. The van der Waals surface area contributed by atoms with Crippen molar-refractivity contribution in [1.29, 1.82) is 0 Å². The van der Waals surface area contributed by atoms with E-state index in [4.69, 9.17) is 14.3 Å². The van der Waals surface area contributed by atoms with Crippen molar-refractivity contribution in [3.05, 3.63) is 12.0 Å². The van der Waals surface area contributed by atoms with Gasteiger partial charge in [0.05, 0.1) is 6.61 Å². The van der Waals surface area contributed by atoms with Crippen LogP contribution >= 0.6 is 0 Å². The van der Waals surface area contributed by atoms with Crippen LogP contribution in [0.25, 0.3) is 0 Å². The summed E-state index contributed by atoms with van der Waals surface area (Å²) in [7, 11) is 3.12. The van der Waals surface area contributed by atoms with Crippen molar-refractivity contribution < 1.29 is 23.8 Å². The maximum atomic E-state index is 11.4. The Bertz CT molecular complexity index is 417. The number of nitrogens with zero attached hydrogens (tertiary/aromatic N) is 2. The molecule has 8 heteroatoms. The number of amides is 1. The molecule has 0 aliphatic heterocycles. The molecule has 0 radical (unpaired) electrons. The Morgan fingerprint density at radius 1 is 1.61 bits per heavy atom. The number of carbonyl (C=O) groups excluding carboxylic acids is 1. The van der Waals surface area contributed by atoms with E-state index in [2.05, 4.69) is 10.3 Å². The molecule has 0 fully saturated rings. The number of carboxylic acid groups (broad SMARTS) is 1. The van der Waals surface area contributed by atoms with E-state index in [0.717, 1.165) is 6.26 Å². The van der Waals surface area contributed by atoms with Crippen LogP contribution in [0.15, 0.2) is 10.7 Å². The molecule has 1 rings (SSSR count). The van der Waals surface area contributed by atoms with Gasteiger partial charge in [-0.05, 0) is 0 Å². The molecule has 18 heavy (non-hydrogen) atoms. The molecule has 0 aliphatic carbocycles. The minimum atomic E-state index is -1.18. The lowest BCUT2D eigenvalue weighted by molar-refractivity contribution is -0.119. The van der Waals surface area contributed by atoms with Gasteiger partial charge in [0.15, 0.2) is 5.69 Å². The fourth-order valence-corrected chi connectivity index (χ4v) is 1.17.